The maximum absolute atomic E-state index is 9.88. The van der Waals surface area contributed by atoms with E-state index < -0.39 is 6.03 Å². The molecule has 0 spiro atoms. The zero-order valence-electron chi connectivity index (χ0n) is 4.66. The summed E-state index contributed by atoms with van der Waals surface area (Å²) in [5.41, 5.74) is 6.57. The molecule has 48 valence electrons. The van der Waals surface area contributed by atoms with Crippen LogP contribution in [0.4, 0.5) is 4.79 Å². The van der Waals surface area contributed by atoms with Crippen LogP contribution in [0.25, 0.3) is 0 Å². The summed E-state index contributed by atoms with van der Waals surface area (Å²) < 4.78 is 0. The molecular formula is C4H6N4O. The molecule has 0 saturated carbocycles. The molecule has 0 aromatic heterocycles. The summed E-state index contributed by atoms with van der Waals surface area (Å²) in [6, 6.07) is 1.07. The number of nitrogens with zero attached hydrogens (tertiary/aromatic N) is 2. The molecule has 0 aliphatic heterocycles. The second kappa shape index (κ2) is 4.59. The lowest BCUT2D eigenvalue weighted by Gasteiger charge is -1.86. The fraction of sp³-hybridized carbons (Fsp3) is 0.250. The topological polar surface area (TPSA) is 91.3 Å². The van der Waals surface area contributed by atoms with Gasteiger partial charge in [-0.2, -0.15) is 10.4 Å². The largest absolute Gasteiger partial charge is 0.350 e. The summed E-state index contributed by atoms with van der Waals surface area (Å²) in [6.07, 6.45) is 1.42. The van der Waals surface area contributed by atoms with Gasteiger partial charge in [0.25, 0.3) is 0 Å². The quantitative estimate of drug-likeness (QED) is 0.387. The van der Waals surface area contributed by atoms with E-state index in [1.807, 2.05) is 5.43 Å². The molecule has 0 aliphatic carbocycles. The van der Waals surface area contributed by atoms with Gasteiger partial charge >= 0.3 is 6.03 Å². The SMILES string of the molecule is N#CCC=NNC(N)=O. The second-order valence-corrected chi connectivity index (χ2v) is 1.15. The second-order valence-electron chi connectivity index (χ2n) is 1.15. The molecule has 0 aromatic carbocycles. The molecular weight excluding hydrogens is 120 g/mol. The van der Waals surface area contributed by atoms with E-state index in [9.17, 15) is 4.79 Å². The fourth-order valence-corrected chi connectivity index (χ4v) is 0.196. The predicted octanol–water partition coefficient (Wildman–Crippen LogP) is -0.446. The predicted molar refractivity (Wildman–Crippen MR) is 31.4 cm³/mol. The van der Waals surface area contributed by atoms with Crippen molar-refractivity contribution in [1.82, 2.24) is 5.43 Å². The van der Waals surface area contributed by atoms with Crippen LogP contribution in [0.15, 0.2) is 5.10 Å². The summed E-state index contributed by atoms with van der Waals surface area (Å²) in [7, 11) is 0. The van der Waals surface area contributed by atoms with Crippen molar-refractivity contribution < 1.29 is 4.79 Å². The van der Waals surface area contributed by atoms with Crippen LogP contribution in [0.2, 0.25) is 0 Å². The van der Waals surface area contributed by atoms with Gasteiger partial charge in [0.2, 0.25) is 0 Å². The number of primary amides is 1. The average Bonchev–Trinajstić information content (AvgIpc) is 1.80. The molecule has 5 nitrogen and oxygen atoms in total. The van der Waals surface area contributed by atoms with Crippen LogP contribution in [0.1, 0.15) is 6.42 Å². The molecule has 3 N–H and O–H groups in total. The van der Waals surface area contributed by atoms with Gasteiger partial charge in [-0.05, 0) is 0 Å². The van der Waals surface area contributed by atoms with Gasteiger partial charge < -0.3 is 5.73 Å². The van der Waals surface area contributed by atoms with Crippen molar-refractivity contribution in [3.63, 3.8) is 0 Å². The lowest BCUT2D eigenvalue weighted by Crippen LogP contribution is -2.24. The maximum atomic E-state index is 9.88. The maximum Gasteiger partial charge on any atom is 0.332 e. The highest BCUT2D eigenvalue weighted by Gasteiger charge is 1.81. The third-order valence-corrected chi connectivity index (χ3v) is 0.449. The fourth-order valence-electron chi connectivity index (χ4n) is 0.196. The van der Waals surface area contributed by atoms with E-state index in [-0.39, 0.29) is 6.42 Å². The lowest BCUT2D eigenvalue weighted by atomic mass is 10.5. The van der Waals surface area contributed by atoms with E-state index in [4.69, 9.17) is 5.26 Å². The van der Waals surface area contributed by atoms with Crippen LogP contribution >= 0.6 is 0 Å². The molecule has 0 atom stereocenters. The number of hydrogen-bond acceptors (Lipinski definition) is 3. The van der Waals surface area contributed by atoms with Crippen LogP contribution in [0, 0.1) is 11.3 Å². The first-order valence-corrected chi connectivity index (χ1v) is 2.21. The normalized spacial score (nSPS) is 8.78. The Hall–Kier alpha value is -1.57. The highest BCUT2D eigenvalue weighted by atomic mass is 16.2. The van der Waals surface area contributed by atoms with Crippen molar-refractivity contribution >= 4 is 12.2 Å². The van der Waals surface area contributed by atoms with E-state index >= 15 is 0 Å². The van der Waals surface area contributed by atoms with E-state index in [0.717, 1.165) is 0 Å². The van der Waals surface area contributed by atoms with E-state index in [1.54, 1.807) is 6.07 Å². The van der Waals surface area contributed by atoms with Crippen molar-refractivity contribution in [1.29, 1.82) is 5.26 Å². The number of carbonyl (C=O) groups is 1. The molecule has 0 unspecified atom stereocenters. The molecule has 0 aliphatic rings. The van der Waals surface area contributed by atoms with Gasteiger partial charge in [-0.15, -0.1) is 0 Å². The Balaban J connectivity index is 3.28. The minimum atomic E-state index is -0.732. The number of carbonyl (C=O) groups excluding carboxylic acids is 1. The molecule has 0 rings (SSSR count). The molecule has 0 heterocycles. The molecule has 9 heavy (non-hydrogen) atoms. The van der Waals surface area contributed by atoms with Crippen molar-refractivity contribution in [3.8, 4) is 6.07 Å². The molecule has 0 fully saturated rings. The van der Waals surface area contributed by atoms with Crippen LogP contribution in [-0.2, 0) is 0 Å². The van der Waals surface area contributed by atoms with Crippen molar-refractivity contribution in [2.45, 2.75) is 6.42 Å². The van der Waals surface area contributed by atoms with E-state index in [1.165, 1.54) is 6.21 Å². The average molecular weight is 126 g/mol. The summed E-state index contributed by atoms with van der Waals surface area (Å²) in [4.78, 5) is 9.88. The molecule has 0 radical (unpaired) electrons. The van der Waals surface area contributed by atoms with Crippen LogP contribution in [0.3, 0.4) is 0 Å². The first-order valence-electron chi connectivity index (χ1n) is 2.21. The Bertz CT molecular complexity index is 156. The van der Waals surface area contributed by atoms with Crippen LogP contribution in [0.5, 0.6) is 0 Å². The van der Waals surface area contributed by atoms with Crippen molar-refractivity contribution in [3.05, 3.63) is 0 Å². The number of amides is 2. The third-order valence-electron chi connectivity index (χ3n) is 0.449. The lowest BCUT2D eigenvalue weighted by molar-refractivity contribution is 0.249. The van der Waals surface area contributed by atoms with Gasteiger partial charge in [-0.3, -0.25) is 0 Å². The highest BCUT2D eigenvalue weighted by Crippen LogP contribution is 1.64. The summed E-state index contributed by atoms with van der Waals surface area (Å²) in [5.74, 6) is 0. The number of hydrazone groups is 1. The summed E-state index contributed by atoms with van der Waals surface area (Å²) in [5, 5.41) is 11.2. The van der Waals surface area contributed by atoms with E-state index in [2.05, 4.69) is 10.8 Å². The number of hydrogen-bond donors (Lipinski definition) is 2. The molecule has 2 amide bonds. The minimum absolute atomic E-state index is 0.167. The van der Waals surface area contributed by atoms with Gasteiger partial charge in [0, 0.05) is 6.21 Å². The molecule has 5 heteroatoms. The number of nitrogens with two attached hydrogens (primary N) is 1. The van der Waals surface area contributed by atoms with Gasteiger partial charge in [0.15, 0.2) is 0 Å². The first kappa shape index (κ1) is 7.43. The number of nitrogens with one attached hydrogen (secondary N) is 1. The summed E-state index contributed by atoms with van der Waals surface area (Å²) >= 11 is 0. The smallest absolute Gasteiger partial charge is 0.332 e. The monoisotopic (exact) mass is 126 g/mol. The number of rotatable bonds is 2. The first-order chi connectivity index (χ1) is 4.27. The zero-order valence-corrected chi connectivity index (χ0v) is 4.66. The van der Waals surface area contributed by atoms with Gasteiger partial charge in [-0.1, -0.05) is 0 Å². The zero-order chi connectivity index (χ0) is 7.11. The Morgan fingerprint density at radius 3 is 3.11 bits per heavy atom. The Morgan fingerprint density at radius 2 is 2.67 bits per heavy atom. The minimum Gasteiger partial charge on any atom is -0.350 e. The third kappa shape index (κ3) is 6.43. The van der Waals surface area contributed by atoms with Crippen LogP contribution in [-0.4, -0.2) is 12.2 Å². The highest BCUT2D eigenvalue weighted by molar-refractivity contribution is 5.73. The number of nitriles is 1. The van der Waals surface area contributed by atoms with Gasteiger partial charge in [0.1, 0.15) is 0 Å². The Morgan fingerprint density at radius 1 is 2.00 bits per heavy atom. The Labute approximate surface area is 52.1 Å². The summed E-state index contributed by atoms with van der Waals surface area (Å²) in [6.45, 7) is 0. The van der Waals surface area contributed by atoms with Crippen molar-refractivity contribution in [2.24, 2.45) is 10.8 Å². The Kier molecular flexibility index (Phi) is 3.79. The standard InChI is InChI=1S/C4H6N4O/c5-2-1-3-7-8-4(6)9/h3H,1H2,(H3,6,8,9). The molecule has 0 bridgehead atoms. The molecule has 0 aromatic rings. The molecule has 0 saturated heterocycles. The van der Waals surface area contributed by atoms with Crippen LogP contribution < -0.4 is 11.2 Å². The van der Waals surface area contributed by atoms with Gasteiger partial charge in [0.05, 0.1) is 12.5 Å². The van der Waals surface area contributed by atoms with Crippen molar-refractivity contribution in [2.75, 3.05) is 0 Å². The van der Waals surface area contributed by atoms with Gasteiger partial charge in [-0.25, -0.2) is 10.2 Å². The van der Waals surface area contributed by atoms with E-state index in [0.29, 0.717) is 0 Å². The number of urea groups is 1.